The number of halogens is 2. The number of amides is 1. The van der Waals surface area contributed by atoms with Crippen LogP contribution in [0, 0.1) is 0 Å². The molecule has 23 heavy (non-hydrogen) atoms. The molecule has 0 aromatic heterocycles. The second kappa shape index (κ2) is 6.89. The number of hydrazone groups is 1. The zero-order valence-electron chi connectivity index (χ0n) is 12.0. The van der Waals surface area contributed by atoms with Gasteiger partial charge in [0.15, 0.2) is 0 Å². The van der Waals surface area contributed by atoms with Crippen molar-refractivity contribution in [1.82, 2.24) is 10.9 Å². The third-order valence-corrected chi connectivity index (χ3v) is 3.95. The standard InChI is InChI=1S/C16H14Cl2N4O/c17-12-4-11(5-13(18)7-12)16-8-15(21-22-16)10-2-1-3-14(6-10)20-19-9-23/h1-7,9,16,20,22H,8H2,(H,19,23). The fourth-order valence-electron chi connectivity index (χ4n) is 2.48. The molecule has 1 unspecified atom stereocenters. The van der Waals surface area contributed by atoms with Crippen molar-refractivity contribution in [1.29, 1.82) is 0 Å². The maximum atomic E-state index is 10.3. The highest BCUT2D eigenvalue weighted by atomic mass is 35.5. The summed E-state index contributed by atoms with van der Waals surface area (Å²) in [6.45, 7) is 0. The number of carbonyl (C=O) groups is 1. The van der Waals surface area contributed by atoms with E-state index in [0.717, 1.165) is 28.9 Å². The molecule has 1 aliphatic rings. The van der Waals surface area contributed by atoms with Crippen molar-refractivity contribution in [3.63, 3.8) is 0 Å². The molecule has 1 atom stereocenters. The molecule has 0 spiro atoms. The molecule has 1 heterocycles. The van der Waals surface area contributed by atoms with Gasteiger partial charge in [-0.2, -0.15) is 5.10 Å². The molecule has 3 N–H and O–H groups in total. The summed E-state index contributed by atoms with van der Waals surface area (Å²) in [6.07, 6.45) is 1.31. The second-order valence-corrected chi connectivity index (χ2v) is 5.99. The summed E-state index contributed by atoms with van der Waals surface area (Å²) in [5.74, 6) is 0. The van der Waals surface area contributed by atoms with Crippen molar-refractivity contribution in [2.24, 2.45) is 5.10 Å². The highest BCUT2D eigenvalue weighted by molar-refractivity contribution is 6.34. The fraction of sp³-hybridized carbons (Fsp3) is 0.125. The van der Waals surface area contributed by atoms with E-state index in [0.29, 0.717) is 16.5 Å². The Kier molecular flexibility index (Phi) is 4.69. The van der Waals surface area contributed by atoms with Gasteiger partial charge in [-0.15, -0.1) is 0 Å². The molecule has 1 amide bonds. The van der Waals surface area contributed by atoms with Crippen LogP contribution in [0.4, 0.5) is 5.69 Å². The summed E-state index contributed by atoms with van der Waals surface area (Å²) in [5, 5.41) is 5.62. The van der Waals surface area contributed by atoms with Gasteiger partial charge in [-0.1, -0.05) is 35.3 Å². The molecule has 2 aromatic rings. The number of benzene rings is 2. The summed E-state index contributed by atoms with van der Waals surface area (Å²) in [6, 6.07) is 13.2. The average molecular weight is 349 g/mol. The van der Waals surface area contributed by atoms with Gasteiger partial charge in [-0.25, -0.2) is 0 Å². The number of hydrogen-bond acceptors (Lipinski definition) is 4. The van der Waals surface area contributed by atoms with Gasteiger partial charge in [0.2, 0.25) is 6.41 Å². The zero-order chi connectivity index (χ0) is 16.2. The van der Waals surface area contributed by atoms with E-state index in [9.17, 15) is 4.79 Å². The predicted octanol–water partition coefficient (Wildman–Crippen LogP) is 3.51. The van der Waals surface area contributed by atoms with Crippen molar-refractivity contribution >= 4 is 41.0 Å². The first-order valence-electron chi connectivity index (χ1n) is 6.99. The minimum absolute atomic E-state index is 0.0333. The topological polar surface area (TPSA) is 65.5 Å². The SMILES string of the molecule is O=CNNc1cccc(C2=NNC(c3cc(Cl)cc(Cl)c3)C2)c1. The van der Waals surface area contributed by atoms with E-state index in [-0.39, 0.29) is 6.04 Å². The number of anilines is 1. The van der Waals surface area contributed by atoms with Gasteiger partial charge in [-0.3, -0.25) is 15.6 Å². The predicted molar refractivity (Wildman–Crippen MR) is 92.8 cm³/mol. The Morgan fingerprint density at radius 3 is 2.70 bits per heavy atom. The normalized spacial score (nSPS) is 16.4. The van der Waals surface area contributed by atoms with Crippen molar-refractivity contribution in [2.75, 3.05) is 5.43 Å². The van der Waals surface area contributed by atoms with Crippen molar-refractivity contribution in [3.8, 4) is 0 Å². The van der Waals surface area contributed by atoms with Crippen molar-refractivity contribution in [3.05, 3.63) is 63.6 Å². The molecular formula is C16H14Cl2N4O. The maximum Gasteiger partial charge on any atom is 0.225 e. The minimum Gasteiger partial charge on any atom is -0.302 e. The largest absolute Gasteiger partial charge is 0.302 e. The maximum absolute atomic E-state index is 10.3. The van der Waals surface area contributed by atoms with E-state index >= 15 is 0 Å². The molecule has 0 aliphatic carbocycles. The first kappa shape index (κ1) is 15.6. The Hall–Kier alpha value is -2.24. The van der Waals surface area contributed by atoms with E-state index in [2.05, 4.69) is 21.4 Å². The van der Waals surface area contributed by atoms with Crippen LogP contribution >= 0.6 is 23.2 Å². The highest BCUT2D eigenvalue weighted by Crippen LogP contribution is 2.29. The summed E-state index contributed by atoms with van der Waals surface area (Å²) in [7, 11) is 0. The molecular weight excluding hydrogens is 335 g/mol. The van der Waals surface area contributed by atoms with Crippen molar-refractivity contribution < 1.29 is 4.79 Å². The second-order valence-electron chi connectivity index (χ2n) is 5.12. The first-order valence-corrected chi connectivity index (χ1v) is 7.75. The van der Waals surface area contributed by atoms with Crippen LogP contribution in [0.3, 0.4) is 0 Å². The summed E-state index contributed by atoms with van der Waals surface area (Å²) in [4.78, 5) is 10.3. The van der Waals surface area contributed by atoms with Crippen molar-refractivity contribution in [2.45, 2.75) is 12.5 Å². The van der Waals surface area contributed by atoms with Crippen LogP contribution in [-0.2, 0) is 4.79 Å². The van der Waals surface area contributed by atoms with Crippen LogP contribution in [0.15, 0.2) is 47.6 Å². The average Bonchev–Trinajstić information content (AvgIpc) is 3.02. The molecule has 2 aromatic carbocycles. The fourth-order valence-corrected chi connectivity index (χ4v) is 3.02. The smallest absolute Gasteiger partial charge is 0.225 e. The lowest BCUT2D eigenvalue weighted by molar-refractivity contribution is -0.109. The van der Waals surface area contributed by atoms with Gasteiger partial charge >= 0.3 is 0 Å². The van der Waals surface area contributed by atoms with E-state index in [1.165, 1.54) is 0 Å². The van der Waals surface area contributed by atoms with Crippen LogP contribution in [-0.4, -0.2) is 12.1 Å². The zero-order valence-corrected chi connectivity index (χ0v) is 13.5. The number of rotatable bonds is 5. The van der Waals surface area contributed by atoms with Crippen LogP contribution in [0.5, 0.6) is 0 Å². The van der Waals surface area contributed by atoms with Crippen LogP contribution < -0.4 is 16.3 Å². The van der Waals surface area contributed by atoms with Gasteiger partial charge in [0.05, 0.1) is 17.4 Å². The number of hydrazine groups is 1. The summed E-state index contributed by atoms with van der Waals surface area (Å²) >= 11 is 12.1. The molecule has 1 aliphatic heterocycles. The van der Waals surface area contributed by atoms with E-state index < -0.39 is 0 Å². The third kappa shape index (κ3) is 3.75. The molecule has 3 rings (SSSR count). The monoisotopic (exact) mass is 348 g/mol. The van der Waals surface area contributed by atoms with Crippen LogP contribution in [0.1, 0.15) is 23.6 Å². The molecule has 5 nitrogen and oxygen atoms in total. The molecule has 7 heteroatoms. The van der Waals surface area contributed by atoms with Gasteiger partial charge in [0.25, 0.3) is 0 Å². The number of nitrogens with one attached hydrogen (secondary N) is 3. The molecule has 0 fully saturated rings. The highest BCUT2D eigenvalue weighted by Gasteiger charge is 2.22. The minimum atomic E-state index is 0.0333. The number of nitrogens with zero attached hydrogens (tertiary/aromatic N) is 1. The molecule has 0 radical (unpaired) electrons. The quantitative estimate of drug-likeness (QED) is 0.572. The number of carbonyl (C=O) groups excluding carboxylic acids is 1. The van der Waals surface area contributed by atoms with Gasteiger partial charge in [0.1, 0.15) is 0 Å². The van der Waals surface area contributed by atoms with E-state index in [1.54, 1.807) is 6.07 Å². The van der Waals surface area contributed by atoms with Crippen LogP contribution in [0.25, 0.3) is 0 Å². The molecule has 0 saturated heterocycles. The first-order chi connectivity index (χ1) is 11.2. The summed E-state index contributed by atoms with van der Waals surface area (Å²) < 4.78 is 0. The van der Waals surface area contributed by atoms with E-state index in [1.807, 2.05) is 36.4 Å². The number of hydrogen-bond donors (Lipinski definition) is 3. The lowest BCUT2D eigenvalue weighted by atomic mass is 9.99. The van der Waals surface area contributed by atoms with Crippen LogP contribution in [0.2, 0.25) is 10.0 Å². The van der Waals surface area contributed by atoms with E-state index in [4.69, 9.17) is 23.2 Å². The Morgan fingerprint density at radius 1 is 1.17 bits per heavy atom. The Labute approximate surface area is 143 Å². The summed E-state index contributed by atoms with van der Waals surface area (Å²) in [5.41, 5.74) is 12.0. The molecule has 0 bridgehead atoms. The molecule has 0 saturated carbocycles. The van der Waals surface area contributed by atoms with Gasteiger partial charge in [0, 0.05) is 16.5 Å². The lowest BCUT2D eigenvalue weighted by Crippen LogP contribution is -2.19. The Bertz CT molecular complexity index is 743. The van der Waals surface area contributed by atoms with Gasteiger partial charge in [-0.05, 0) is 41.5 Å². The third-order valence-electron chi connectivity index (χ3n) is 3.51. The molecule has 118 valence electrons. The Balaban J connectivity index is 1.75. The Morgan fingerprint density at radius 2 is 1.96 bits per heavy atom. The lowest BCUT2D eigenvalue weighted by Gasteiger charge is -2.11. The van der Waals surface area contributed by atoms with Gasteiger partial charge < -0.3 is 5.43 Å².